The molecule has 0 saturated carbocycles. The first-order valence-electron chi connectivity index (χ1n) is 7.12. The van der Waals surface area contributed by atoms with Crippen LogP contribution < -0.4 is 5.32 Å². The van der Waals surface area contributed by atoms with E-state index in [0.29, 0.717) is 13.0 Å². The minimum atomic E-state index is 0.0809. The molecule has 0 heterocycles. The number of rotatable bonds is 9. The Morgan fingerprint density at radius 3 is 2.53 bits per heavy atom. The van der Waals surface area contributed by atoms with E-state index in [1.165, 1.54) is 5.56 Å². The van der Waals surface area contributed by atoms with Gasteiger partial charge in [-0.15, -0.1) is 0 Å². The van der Waals surface area contributed by atoms with Crippen LogP contribution in [-0.4, -0.2) is 25.7 Å². The summed E-state index contributed by atoms with van der Waals surface area (Å²) < 4.78 is 5.44. The molecular formula is C16H25NO2. The van der Waals surface area contributed by atoms with Crippen LogP contribution in [0.15, 0.2) is 24.3 Å². The molecule has 3 heteroatoms. The number of benzene rings is 1. The summed E-state index contributed by atoms with van der Waals surface area (Å²) >= 11 is 0. The molecule has 1 aromatic carbocycles. The van der Waals surface area contributed by atoms with Crippen LogP contribution in [0.2, 0.25) is 0 Å². The highest BCUT2D eigenvalue weighted by molar-refractivity contribution is 5.78. The molecule has 1 N–H and O–H groups in total. The molecule has 106 valence electrons. The molecule has 0 unspecified atom stereocenters. The Morgan fingerprint density at radius 2 is 1.84 bits per heavy atom. The van der Waals surface area contributed by atoms with Gasteiger partial charge in [0.15, 0.2) is 0 Å². The van der Waals surface area contributed by atoms with Gasteiger partial charge >= 0.3 is 0 Å². The molecule has 1 aromatic rings. The summed E-state index contributed by atoms with van der Waals surface area (Å²) in [6.45, 7) is 6.44. The van der Waals surface area contributed by atoms with Gasteiger partial charge in [-0.05, 0) is 25.3 Å². The predicted octanol–water partition coefficient (Wildman–Crippen LogP) is 2.86. The Labute approximate surface area is 116 Å². The van der Waals surface area contributed by atoms with Gasteiger partial charge in [0.05, 0.1) is 6.42 Å². The van der Waals surface area contributed by atoms with Crippen LogP contribution >= 0.6 is 0 Å². The van der Waals surface area contributed by atoms with E-state index in [0.717, 1.165) is 38.0 Å². The third-order valence-electron chi connectivity index (χ3n) is 2.92. The van der Waals surface area contributed by atoms with E-state index in [-0.39, 0.29) is 5.91 Å². The fraction of sp³-hybridized carbons (Fsp3) is 0.562. The summed E-state index contributed by atoms with van der Waals surface area (Å²) in [7, 11) is 0. The summed E-state index contributed by atoms with van der Waals surface area (Å²) in [5.74, 6) is 0.0809. The van der Waals surface area contributed by atoms with Crippen molar-refractivity contribution in [1.82, 2.24) is 5.32 Å². The first-order chi connectivity index (χ1) is 9.22. The van der Waals surface area contributed by atoms with Crippen molar-refractivity contribution in [2.24, 2.45) is 0 Å². The third-order valence-corrected chi connectivity index (χ3v) is 2.92. The Hall–Kier alpha value is -1.35. The van der Waals surface area contributed by atoms with Crippen LogP contribution in [0.4, 0.5) is 0 Å². The van der Waals surface area contributed by atoms with Gasteiger partial charge in [-0.2, -0.15) is 0 Å². The van der Waals surface area contributed by atoms with Crippen LogP contribution in [-0.2, 0) is 16.0 Å². The highest BCUT2D eigenvalue weighted by atomic mass is 16.5. The van der Waals surface area contributed by atoms with E-state index < -0.39 is 0 Å². The van der Waals surface area contributed by atoms with Crippen LogP contribution in [0.25, 0.3) is 0 Å². The van der Waals surface area contributed by atoms with Crippen LogP contribution in [0, 0.1) is 6.92 Å². The van der Waals surface area contributed by atoms with Gasteiger partial charge in [0.25, 0.3) is 0 Å². The molecule has 0 aliphatic heterocycles. The number of nitrogens with one attached hydrogen (secondary N) is 1. The van der Waals surface area contributed by atoms with Crippen LogP contribution in [0.5, 0.6) is 0 Å². The summed E-state index contributed by atoms with van der Waals surface area (Å²) in [5, 5.41) is 2.92. The number of hydrogen-bond acceptors (Lipinski definition) is 2. The van der Waals surface area contributed by atoms with Gasteiger partial charge in [-0.3, -0.25) is 4.79 Å². The zero-order valence-corrected chi connectivity index (χ0v) is 12.1. The van der Waals surface area contributed by atoms with Gasteiger partial charge < -0.3 is 10.1 Å². The fourth-order valence-electron chi connectivity index (χ4n) is 1.70. The van der Waals surface area contributed by atoms with E-state index in [2.05, 4.69) is 12.2 Å². The molecule has 0 spiro atoms. The number of aryl methyl sites for hydroxylation is 1. The zero-order chi connectivity index (χ0) is 13.9. The highest BCUT2D eigenvalue weighted by Gasteiger charge is 2.02. The number of unbranched alkanes of at least 4 members (excludes halogenated alkanes) is 1. The molecule has 0 fully saturated rings. The molecule has 0 bridgehead atoms. The molecule has 0 atom stereocenters. The zero-order valence-electron chi connectivity index (χ0n) is 12.1. The molecular weight excluding hydrogens is 238 g/mol. The topological polar surface area (TPSA) is 38.3 Å². The van der Waals surface area contributed by atoms with E-state index in [1.807, 2.05) is 31.2 Å². The van der Waals surface area contributed by atoms with Gasteiger partial charge in [0.2, 0.25) is 5.91 Å². The van der Waals surface area contributed by atoms with Crippen molar-refractivity contribution < 1.29 is 9.53 Å². The maximum absolute atomic E-state index is 11.7. The Morgan fingerprint density at radius 1 is 1.16 bits per heavy atom. The second kappa shape index (κ2) is 9.56. The Balaban J connectivity index is 2.06. The average molecular weight is 263 g/mol. The monoisotopic (exact) mass is 263 g/mol. The van der Waals surface area contributed by atoms with Crippen molar-refractivity contribution in [2.75, 3.05) is 19.8 Å². The van der Waals surface area contributed by atoms with Crippen LogP contribution in [0.1, 0.15) is 37.3 Å². The smallest absolute Gasteiger partial charge is 0.224 e. The lowest BCUT2D eigenvalue weighted by molar-refractivity contribution is -0.120. The number of hydrogen-bond donors (Lipinski definition) is 1. The van der Waals surface area contributed by atoms with Gasteiger partial charge in [0, 0.05) is 19.8 Å². The summed E-state index contributed by atoms with van der Waals surface area (Å²) in [4.78, 5) is 11.7. The molecule has 3 nitrogen and oxygen atoms in total. The highest BCUT2D eigenvalue weighted by Crippen LogP contribution is 2.03. The number of carbonyl (C=O) groups excluding carboxylic acids is 1. The Kier molecular flexibility index (Phi) is 7.91. The van der Waals surface area contributed by atoms with Crippen molar-refractivity contribution >= 4 is 5.91 Å². The van der Waals surface area contributed by atoms with E-state index in [1.54, 1.807) is 0 Å². The first kappa shape index (κ1) is 15.7. The number of amides is 1. The molecule has 0 saturated heterocycles. The molecule has 1 amide bonds. The average Bonchev–Trinajstić information content (AvgIpc) is 2.40. The van der Waals surface area contributed by atoms with E-state index in [9.17, 15) is 4.79 Å². The Bertz CT molecular complexity index is 360. The maximum atomic E-state index is 11.7. The van der Waals surface area contributed by atoms with Gasteiger partial charge in [-0.25, -0.2) is 0 Å². The van der Waals surface area contributed by atoms with Gasteiger partial charge in [-0.1, -0.05) is 43.2 Å². The largest absolute Gasteiger partial charge is 0.381 e. The molecule has 19 heavy (non-hydrogen) atoms. The van der Waals surface area contributed by atoms with Crippen molar-refractivity contribution in [2.45, 2.75) is 39.5 Å². The number of carbonyl (C=O) groups is 1. The normalized spacial score (nSPS) is 10.4. The fourth-order valence-corrected chi connectivity index (χ4v) is 1.70. The predicted molar refractivity (Wildman–Crippen MR) is 78.2 cm³/mol. The SMILES string of the molecule is CCCCOCCCNC(=O)Cc1ccc(C)cc1. The summed E-state index contributed by atoms with van der Waals surface area (Å²) in [6, 6.07) is 8.07. The summed E-state index contributed by atoms with van der Waals surface area (Å²) in [5.41, 5.74) is 2.27. The minimum Gasteiger partial charge on any atom is -0.381 e. The van der Waals surface area contributed by atoms with Crippen molar-refractivity contribution in [3.8, 4) is 0 Å². The van der Waals surface area contributed by atoms with Crippen molar-refractivity contribution in [3.63, 3.8) is 0 Å². The van der Waals surface area contributed by atoms with Gasteiger partial charge in [0.1, 0.15) is 0 Å². The molecule has 0 aromatic heterocycles. The maximum Gasteiger partial charge on any atom is 0.224 e. The second-order valence-corrected chi connectivity index (χ2v) is 4.83. The lowest BCUT2D eigenvalue weighted by atomic mass is 10.1. The molecule has 0 radical (unpaired) electrons. The minimum absolute atomic E-state index is 0.0809. The standard InChI is InChI=1S/C16H25NO2/c1-3-4-11-19-12-5-10-17-16(18)13-15-8-6-14(2)7-9-15/h6-9H,3-5,10-13H2,1-2H3,(H,17,18). The quantitative estimate of drug-likeness (QED) is 0.696. The van der Waals surface area contributed by atoms with Crippen LogP contribution in [0.3, 0.4) is 0 Å². The first-order valence-corrected chi connectivity index (χ1v) is 7.12. The number of ether oxygens (including phenoxy) is 1. The van der Waals surface area contributed by atoms with Crippen molar-refractivity contribution in [3.05, 3.63) is 35.4 Å². The van der Waals surface area contributed by atoms with E-state index >= 15 is 0 Å². The lowest BCUT2D eigenvalue weighted by Gasteiger charge is -2.06. The molecule has 0 aliphatic rings. The van der Waals surface area contributed by atoms with Crippen molar-refractivity contribution in [1.29, 1.82) is 0 Å². The van der Waals surface area contributed by atoms with E-state index in [4.69, 9.17) is 4.74 Å². The molecule has 1 rings (SSSR count). The second-order valence-electron chi connectivity index (χ2n) is 4.83. The lowest BCUT2D eigenvalue weighted by Crippen LogP contribution is -2.26. The summed E-state index contributed by atoms with van der Waals surface area (Å²) in [6.07, 6.45) is 3.60. The third kappa shape index (κ3) is 7.62. The molecule has 0 aliphatic carbocycles.